The van der Waals surface area contributed by atoms with Crippen LogP contribution in [0.15, 0.2) is 42.5 Å². The van der Waals surface area contributed by atoms with Crippen LogP contribution in [-0.4, -0.2) is 12.5 Å². The lowest BCUT2D eigenvalue weighted by Crippen LogP contribution is -2.30. The van der Waals surface area contributed by atoms with Gasteiger partial charge in [0.15, 0.2) is 0 Å². The van der Waals surface area contributed by atoms with Crippen LogP contribution in [0, 0.1) is 13.8 Å². The Hall–Kier alpha value is -1.84. The molecule has 3 nitrogen and oxygen atoms in total. The molecule has 0 aliphatic rings. The summed E-state index contributed by atoms with van der Waals surface area (Å²) in [6, 6.07) is 13.6. The molecule has 0 spiro atoms. The Kier molecular flexibility index (Phi) is 5.58. The van der Waals surface area contributed by atoms with Crippen LogP contribution in [0.5, 0.6) is 0 Å². The SMILES string of the molecule is Cc1cccc(NC(=O)CN[C@@H](C)c2ccc(Cl)cc2)c1C. The summed E-state index contributed by atoms with van der Waals surface area (Å²) >= 11 is 5.88. The molecule has 2 rings (SSSR count). The van der Waals surface area contributed by atoms with Gasteiger partial charge in [-0.1, -0.05) is 35.9 Å². The molecule has 0 radical (unpaired) electrons. The second kappa shape index (κ2) is 7.43. The van der Waals surface area contributed by atoms with E-state index in [9.17, 15) is 4.79 Å². The van der Waals surface area contributed by atoms with Crippen molar-refractivity contribution in [2.24, 2.45) is 0 Å². The minimum Gasteiger partial charge on any atom is -0.325 e. The van der Waals surface area contributed by atoms with Crippen molar-refractivity contribution in [2.75, 3.05) is 11.9 Å². The van der Waals surface area contributed by atoms with Crippen molar-refractivity contribution in [2.45, 2.75) is 26.8 Å². The van der Waals surface area contributed by atoms with Crippen LogP contribution in [0.4, 0.5) is 5.69 Å². The van der Waals surface area contributed by atoms with Crippen LogP contribution >= 0.6 is 11.6 Å². The summed E-state index contributed by atoms with van der Waals surface area (Å²) in [5, 5.41) is 6.87. The zero-order valence-electron chi connectivity index (χ0n) is 13.1. The summed E-state index contributed by atoms with van der Waals surface area (Å²) in [5.41, 5.74) is 4.23. The Morgan fingerprint density at radius 1 is 1.14 bits per heavy atom. The highest BCUT2D eigenvalue weighted by molar-refractivity contribution is 6.30. The first-order chi connectivity index (χ1) is 10.5. The maximum Gasteiger partial charge on any atom is 0.238 e. The van der Waals surface area contributed by atoms with Gasteiger partial charge in [0.2, 0.25) is 5.91 Å². The highest BCUT2D eigenvalue weighted by Crippen LogP contribution is 2.18. The summed E-state index contributed by atoms with van der Waals surface area (Å²) in [4.78, 5) is 12.1. The fraction of sp³-hybridized carbons (Fsp3) is 0.278. The summed E-state index contributed by atoms with van der Waals surface area (Å²) in [6.45, 7) is 6.33. The Morgan fingerprint density at radius 3 is 2.50 bits per heavy atom. The van der Waals surface area contributed by atoms with Crippen molar-refractivity contribution in [3.63, 3.8) is 0 Å². The number of amides is 1. The molecule has 0 saturated heterocycles. The van der Waals surface area contributed by atoms with Gasteiger partial charge in [-0.15, -0.1) is 0 Å². The van der Waals surface area contributed by atoms with Crippen LogP contribution in [0.1, 0.15) is 29.7 Å². The summed E-state index contributed by atoms with van der Waals surface area (Å²) in [5.74, 6) is -0.0467. The van der Waals surface area contributed by atoms with Crippen LogP contribution in [0.2, 0.25) is 5.02 Å². The quantitative estimate of drug-likeness (QED) is 0.866. The maximum atomic E-state index is 12.1. The van der Waals surface area contributed by atoms with Crippen LogP contribution < -0.4 is 10.6 Å². The summed E-state index contributed by atoms with van der Waals surface area (Å²) in [6.07, 6.45) is 0. The first kappa shape index (κ1) is 16.5. The Labute approximate surface area is 136 Å². The van der Waals surface area contributed by atoms with Crippen molar-refractivity contribution >= 4 is 23.2 Å². The molecule has 0 unspecified atom stereocenters. The predicted molar refractivity (Wildman–Crippen MR) is 92.4 cm³/mol. The van der Waals surface area contributed by atoms with E-state index in [0.717, 1.165) is 16.8 Å². The van der Waals surface area contributed by atoms with Gasteiger partial charge in [0, 0.05) is 16.8 Å². The van der Waals surface area contributed by atoms with Crippen LogP contribution in [0.25, 0.3) is 0 Å². The number of halogens is 1. The Morgan fingerprint density at radius 2 is 1.82 bits per heavy atom. The van der Waals surface area contributed by atoms with Crippen molar-refractivity contribution in [1.29, 1.82) is 0 Å². The number of nitrogens with one attached hydrogen (secondary N) is 2. The fourth-order valence-electron chi connectivity index (χ4n) is 2.20. The van der Waals surface area contributed by atoms with Gasteiger partial charge in [-0.3, -0.25) is 4.79 Å². The molecular weight excluding hydrogens is 296 g/mol. The van der Waals surface area contributed by atoms with Gasteiger partial charge in [0.05, 0.1) is 6.54 Å². The van der Waals surface area contributed by atoms with Crippen molar-refractivity contribution in [1.82, 2.24) is 5.32 Å². The van der Waals surface area contributed by atoms with Crippen LogP contribution in [-0.2, 0) is 4.79 Å². The second-order valence-corrected chi connectivity index (χ2v) is 5.89. The molecule has 0 aliphatic heterocycles. The van der Waals surface area contributed by atoms with Gasteiger partial charge in [-0.25, -0.2) is 0 Å². The number of hydrogen-bond donors (Lipinski definition) is 2. The van der Waals surface area contributed by atoms with Gasteiger partial charge in [-0.05, 0) is 55.7 Å². The van der Waals surface area contributed by atoms with Gasteiger partial charge in [0.1, 0.15) is 0 Å². The topological polar surface area (TPSA) is 41.1 Å². The first-order valence-electron chi connectivity index (χ1n) is 7.32. The van der Waals surface area contributed by atoms with Gasteiger partial charge in [-0.2, -0.15) is 0 Å². The minimum atomic E-state index is -0.0467. The molecule has 2 N–H and O–H groups in total. The molecule has 0 saturated carbocycles. The van der Waals surface area contributed by atoms with E-state index >= 15 is 0 Å². The lowest BCUT2D eigenvalue weighted by atomic mass is 10.1. The van der Waals surface area contributed by atoms with Crippen molar-refractivity contribution < 1.29 is 4.79 Å². The Balaban J connectivity index is 1.90. The van der Waals surface area contributed by atoms with Gasteiger partial charge in [0.25, 0.3) is 0 Å². The molecule has 0 heterocycles. The van der Waals surface area contributed by atoms with Gasteiger partial charge >= 0.3 is 0 Å². The molecule has 1 atom stereocenters. The lowest BCUT2D eigenvalue weighted by Gasteiger charge is -2.15. The minimum absolute atomic E-state index is 0.0467. The highest BCUT2D eigenvalue weighted by Gasteiger charge is 2.09. The third-order valence-corrected chi connectivity index (χ3v) is 4.07. The molecule has 0 bridgehead atoms. The summed E-state index contributed by atoms with van der Waals surface area (Å²) in [7, 11) is 0. The molecule has 4 heteroatoms. The van der Waals surface area contributed by atoms with Gasteiger partial charge < -0.3 is 10.6 Å². The van der Waals surface area contributed by atoms with Crippen molar-refractivity contribution in [3.05, 3.63) is 64.2 Å². The smallest absolute Gasteiger partial charge is 0.238 e. The second-order valence-electron chi connectivity index (χ2n) is 5.45. The molecular formula is C18H21ClN2O. The number of carbonyl (C=O) groups excluding carboxylic acids is 1. The number of aryl methyl sites for hydroxylation is 1. The molecule has 0 aliphatic carbocycles. The van der Waals surface area contributed by atoms with E-state index in [2.05, 4.69) is 10.6 Å². The number of carbonyl (C=O) groups is 1. The monoisotopic (exact) mass is 316 g/mol. The fourth-order valence-corrected chi connectivity index (χ4v) is 2.32. The molecule has 1 amide bonds. The highest BCUT2D eigenvalue weighted by atomic mass is 35.5. The molecule has 0 fully saturated rings. The molecule has 22 heavy (non-hydrogen) atoms. The van der Waals surface area contributed by atoms with E-state index in [-0.39, 0.29) is 18.5 Å². The number of rotatable bonds is 5. The normalized spacial score (nSPS) is 12.0. The van der Waals surface area contributed by atoms with Crippen LogP contribution in [0.3, 0.4) is 0 Å². The van der Waals surface area contributed by atoms with E-state index in [1.54, 1.807) is 0 Å². The zero-order chi connectivity index (χ0) is 16.1. The third kappa shape index (κ3) is 4.33. The van der Waals surface area contributed by atoms with E-state index in [1.165, 1.54) is 5.56 Å². The molecule has 2 aromatic rings. The number of hydrogen-bond acceptors (Lipinski definition) is 2. The first-order valence-corrected chi connectivity index (χ1v) is 7.70. The number of anilines is 1. The molecule has 2 aromatic carbocycles. The van der Waals surface area contributed by atoms with E-state index in [4.69, 9.17) is 11.6 Å². The number of benzene rings is 2. The molecule has 0 aromatic heterocycles. The largest absolute Gasteiger partial charge is 0.325 e. The predicted octanol–water partition coefficient (Wildman–Crippen LogP) is 4.25. The van der Waals surface area contributed by atoms with Crippen molar-refractivity contribution in [3.8, 4) is 0 Å². The van der Waals surface area contributed by atoms with E-state index in [1.807, 2.05) is 63.2 Å². The zero-order valence-corrected chi connectivity index (χ0v) is 13.9. The average molecular weight is 317 g/mol. The molecule has 116 valence electrons. The Bertz CT molecular complexity index is 653. The third-order valence-electron chi connectivity index (χ3n) is 3.82. The lowest BCUT2D eigenvalue weighted by molar-refractivity contribution is -0.115. The maximum absolute atomic E-state index is 12.1. The average Bonchev–Trinajstić information content (AvgIpc) is 2.50. The van der Waals surface area contributed by atoms with E-state index in [0.29, 0.717) is 5.02 Å². The standard InChI is InChI=1S/C18H21ClN2O/c1-12-5-4-6-17(13(12)2)21-18(22)11-20-14(3)15-7-9-16(19)10-8-15/h4-10,14,20H,11H2,1-3H3,(H,21,22)/t14-/m0/s1. The summed E-state index contributed by atoms with van der Waals surface area (Å²) < 4.78 is 0. The van der Waals surface area contributed by atoms with E-state index < -0.39 is 0 Å².